The third kappa shape index (κ3) is 4.86. The number of carbonyl (C=O) groups excluding carboxylic acids is 2. The molecule has 1 heterocycles. The molecule has 2 amide bonds. The van der Waals surface area contributed by atoms with Crippen LogP contribution in [0.5, 0.6) is 0 Å². The Hall–Kier alpha value is -2.96. The van der Waals surface area contributed by atoms with E-state index in [1.54, 1.807) is 28.9 Å². The average Bonchev–Trinajstić information content (AvgIpc) is 3.05. The molecule has 7 heteroatoms. The van der Waals surface area contributed by atoms with Gasteiger partial charge in [0, 0.05) is 26.2 Å². The molecular weight excluding hydrogens is 478 g/mol. The Bertz CT molecular complexity index is 1140. The minimum absolute atomic E-state index is 0.284. The van der Waals surface area contributed by atoms with E-state index < -0.39 is 12.1 Å². The van der Waals surface area contributed by atoms with Gasteiger partial charge in [-0.1, -0.05) is 57.4 Å². The molecule has 0 aromatic heterocycles. The Balaban J connectivity index is 1.69. The fraction of sp³-hybridized carbons (Fsp3) is 0.125. The van der Waals surface area contributed by atoms with Gasteiger partial charge in [0.05, 0.1) is 0 Å². The number of hydrogen-bond acceptors (Lipinski definition) is 2. The summed E-state index contributed by atoms with van der Waals surface area (Å²) >= 11 is 9.49. The minimum Gasteiger partial charge on any atom is -0.334 e. The monoisotopic (exact) mass is 496 g/mol. The molecule has 1 saturated heterocycles. The molecule has 0 aliphatic carbocycles. The molecule has 156 valence electrons. The smallest absolute Gasteiger partial charge is 0.304 e. The van der Waals surface area contributed by atoms with Crippen LogP contribution in [0.2, 0.25) is 5.02 Å². The van der Waals surface area contributed by atoms with Crippen LogP contribution in [-0.4, -0.2) is 28.8 Å². The molecule has 0 unspecified atom stereocenters. The van der Waals surface area contributed by atoms with Gasteiger partial charge in [0.15, 0.2) is 6.04 Å². The van der Waals surface area contributed by atoms with E-state index in [1.165, 1.54) is 0 Å². The number of rotatable bonds is 4. The number of amides is 2. The van der Waals surface area contributed by atoms with Crippen molar-refractivity contribution < 1.29 is 14.3 Å². The Morgan fingerprint density at radius 1 is 1.03 bits per heavy atom. The molecule has 3 aromatic rings. The summed E-state index contributed by atoms with van der Waals surface area (Å²) in [6.45, 7) is 1.96. The van der Waals surface area contributed by atoms with Gasteiger partial charge in [-0.2, -0.15) is 0 Å². The fourth-order valence-electron chi connectivity index (χ4n) is 3.48. The highest BCUT2D eigenvalue weighted by atomic mass is 79.9. The van der Waals surface area contributed by atoms with Crippen LogP contribution in [0.1, 0.15) is 33.1 Å². The first-order valence-electron chi connectivity index (χ1n) is 9.73. The van der Waals surface area contributed by atoms with Crippen LogP contribution >= 0.6 is 27.5 Å². The molecule has 1 aliphatic rings. The van der Waals surface area contributed by atoms with Crippen molar-refractivity contribution in [3.63, 3.8) is 0 Å². The van der Waals surface area contributed by atoms with E-state index in [4.69, 9.17) is 11.6 Å². The van der Waals surface area contributed by atoms with E-state index in [0.29, 0.717) is 10.6 Å². The molecule has 0 radical (unpaired) electrons. The highest BCUT2D eigenvalue weighted by Crippen LogP contribution is 2.27. The molecule has 0 bridgehead atoms. The summed E-state index contributed by atoms with van der Waals surface area (Å²) in [6.07, 6.45) is 1.85. The SMILES string of the molecule is Cc1ccc(C(=O)N[C@H]2C(=O)N/[N+](=C\c3ccc(Br)cc3)[C@H]2c2ccc(Cl)cc2)cc1. The van der Waals surface area contributed by atoms with Crippen molar-refractivity contribution in [3.8, 4) is 0 Å². The van der Waals surface area contributed by atoms with Crippen LogP contribution in [0.3, 0.4) is 0 Å². The molecule has 1 aliphatic heterocycles. The number of nitrogens with one attached hydrogen (secondary N) is 2. The van der Waals surface area contributed by atoms with Crippen molar-refractivity contribution in [2.75, 3.05) is 0 Å². The fourth-order valence-corrected chi connectivity index (χ4v) is 3.87. The summed E-state index contributed by atoms with van der Waals surface area (Å²) in [7, 11) is 0. The molecule has 0 saturated carbocycles. The lowest BCUT2D eigenvalue weighted by Crippen LogP contribution is -2.42. The number of hydrazone groups is 1. The van der Waals surface area contributed by atoms with Crippen LogP contribution in [0.4, 0.5) is 0 Å². The van der Waals surface area contributed by atoms with E-state index in [0.717, 1.165) is 21.2 Å². The lowest BCUT2D eigenvalue weighted by molar-refractivity contribution is -0.596. The van der Waals surface area contributed by atoms with Crippen LogP contribution in [-0.2, 0) is 4.79 Å². The van der Waals surface area contributed by atoms with Gasteiger partial charge in [0.2, 0.25) is 12.3 Å². The van der Waals surface area contributed by atoms with Gasteiger partial charge in [0.25, 0.3) is 5.91 Å². The van der Waals surface area contributed by atoms with E-state index in [-0.39, 0.29) is 11.8 Å². The van der Waals surface area contributed by atoms with Crippen molar-refractivity contribution in [3.05, 3.63) is 105 Å². The van der Waals surface area contributed by atoms with Crippen LogP contribution in [0.15, 0.2) is 77.3 Å². The van der Waals surface area contributed by atoms with Gasteiger partial charge in [-0.05, 0) is 55.5 Å². The van der Waals surface area contributed by atoms with Gasteiger partial charge in [-0.3, -0.25) is 9.59 Å². The second-order valence-electron chi connectivity index (χ2n) is 7.38. The molecule has 2 atom stereocenters. The topological polar surface area (TPSA) is 61.2 Å². The van der Waals surface area contributed by atoms with Crippen molar-refractivity contribution >= 4 is 45.6 Å². The molecule has 31 heavy (non-hydrogen) atoms. The molecule has 1 fully saturated rings. The van der Waals surface area contributed by atoms with Crippen molar-refractivity contribution in [2.45, 2.75) is 19.0 Å². The first kappa shape index (κ1) is 21.3. The maximum absolute atomic E-state index is 12.9. The lowest BCUT2D eigenvalue weighted by Gasteiger charge is -2.15. The zero-order chi connectivity index (χ0) is 22.0. The number of hydrogen-bond donors (Lipinski definition) is 2. The number of carbonyl (C=O) groups is 2. The summed E-state index contributed by atoms with van der Waals surface area (Å²) in [5.41, 5.74) is 6.20. The molecule has 4 rings (SSSR count). The standard InChI is InChI=1S/C24H19BrClN3O2/c1-15-2-6-18(7-3-15)23(30)27-21-22(17-8-12-20(26)13-9-17)29(28-24(21)31)14-16-4-10-19(25)11-5-16/h2-14,21-22H,1H3,(H-,27,28,30,31)/p+1/b29-14-/t21-,22+/m1/s1. The van der Waals surface area contributed by atoms with Crippen LogP contribution < -0.4 is 10.7 Å². The molecule has 2 N–H and O–H groups in total. The summed E-state index contributed by atoms with van der Waals surface area (Å²) in [6, 6.07) is 21.0. The zero-order valence-corrected chi connectivity index (χ0v) is 19.0. The van der Waals surface area contributed by atoms with E-state index >= 15 is 0 Å². The van der Waals surface area contributed by atoms with Gasteiger partial charge in [-0.15, -0.1) is 10.1 Å². The van der Waals surface area contributed by atoms with Gasteiger partial charge in [-0.25, -0.2) is 0 Å². The van der Waals surface area contributed by atoms with Crippen molar-refractivity contribution in [1.82, 2.24) is 10.7 Å². The second-order valence-corrected chi connectivity index (χ2v) is 8.73. The summed E-state index contributed by atoms with van der Waals surface area (Å²) in [4.78, 5) is 25.7. The Morgan fingerprint density at radius 3 is 2.32 bits per heavy atom. The van der Waals surface area contributed by atoms with Crippen molar-refractivity contribution in [1.29, 1.82) is 0 Å². The van der Waals surface area contributed by atoms with Crippen molar-refractivity contribution in [2.24, 2.45) is 0 Å². The third-order valence-electron chi connectivity index (χ3n) is 5.11. The maximum Gasteiger partial charge on any atom is 0.304 e. The number of aryl methyl sites for hydroxylation is 1. The van der Waals surface area contributed by atoms with Crippen LogP contribution in [0, 0.1) is 6.92 Å². The number of nitrogens with zero attached hydrogens (tertiary/aromatic N) is 1. The van der Waals surface area contributed by atoms with Gasteiger partial charge < -0.3 is 5.32 Å². The molecule has 3 aromatic carbocycles. The predicted molar refractivity (Wildman–Crippen MR) is 124 cm³/mol. The zero-order valence-electron chi connectivity index (χ0n) is 16.7. The highest BCUT2D eigenvalue weighted by Gasteiger charge is 2.47. The molecular formula is C24H20BrClN3O2+. The molecule has 5 nitrogen and oxygen atoms in total. The summed E-state index contributed by atoms with van der Waals surface area (Å²) < 4.78 is 2.70. The Labute approximate surface area is 193 Å². The first-order valence-corrected chi connectivity index (χ1v) is 10.9. The minimum atomic E-state index is -0.776. The maximum atomic E-state index is 12.9. The van der Waals surface area contributed by atoms with Crippen LogP contribution in [0.25, 0.3) is 0 Å². The number of halogens is 2. The van der Waals surface area contributed by atoms with Gasteiger partial charge in [0.1, 0.15) is 0 Å². The third-order valence-corrected chi connectivity index (χ3v) is 5.89. The Kier molecular flexibility index (Phi) is 6.20. The first-order chi connectivity index (χ1) is 14.9. The summed E-state index contributed by atoms with van der Waals surface area (Å²) in [5, 5.41) is 3.50. The molecule has 0 spiro atoms. The van der Waals surface area contributed by atoms with Gasteiger partial charge >= 0.3 is 5.91 Å². The predicted octanol–water partition coefficient (Wildman–Crippen LogP) is 4.43. The van der Waals surface area contributed by atoms with E-state index in [9.17, 15) is 9.59 Å². The highest BCUT2D eigenvalue weighted by molar-refractivity contribution is 9.10. The average molecular weight is 498 g/mol. The lowest BCUT2D eigenvalue weighted by atomic mass is 9.99. The Morgan fingerprint density at radius 2 is 1.68 bits per heavy atom. The number of hydrazine groups is 1. The van der Waals surface area contributed by atoms with E-state index in [2.05, 4.69) is 26.7 Å². The number of benzene rings is 3. The summed E-state index contributed by atoms with van der Waals surface area (Å²) in [5.74, 6) is -0.585. The quantitative estimate of drug-likeness (QED) is 0.524. The van der Waals surface area contributed by atoms with E-state index in [1.807, 2.05) is 61.7 Å². The second kappa shape index (κ2) is 9.04. The normalized spacial score (nSPS) is 19.3. The largest absolute Gasteiger partial charge is 0.334 e.